The van der Waals surface area contributed by atoms with Crippen molar-refractivity contribution in [3.63, 3.8) is 0 Å². The maximum Gasteiger partial charge on any atom is 0.387 e. The lowest BCUT2D eigenvalue weighted by molar-refractivity contribution is -0.133. The highest BCUT2D eigenvalue weighted by molar-refractivity contribution is 7.71. The van der Waals surface area contributed by atoms with Gasteiger partial charge in [0.15, 0.2) is 10.6 Å². The number of amides is 2. The van der Waals surface area contributed by atoms with Crippen LogP contribution in [0.4, 0.5) is 8.78 Å². The molecule has 1 aromatic heterocycles. The zero-order valence-electron chi connectivity index (χ0n) is 18.4. The van der Waals surface area contributed by atoms with E-state index >= 15 is 0 Å². The molecule has 3 aromatic rings. The molecular weight excluding hydrogens is 464 g/mol. The van der Waals surface area contributed by atoms with Gasteiger partial charge in [-0.3, -0.25) is 19.3 Å². The largest absolute Gasteiger partial charge is 0.434 e. The average Bonchev–Trinajstić information content (AvgIpc) is 3.18. The van der Waals surface area contributed by atoms with Crippen LogP contribution >= 0.6 is 12.2 Å². The summed E-state index contributed by atoms with van der Waals surface area (Å²) in [7, 11) is 0. The zero-order chi connectivity index (χ0) is 24.2. The molecule has 34 heavy (non-hydrogen) atoms. The van der Waals surface area contributed by atoms with Gasteiger partial charge in [0.1, 0.15) is 12.3 Å². The van der Waals surface area contributed by atoms with E-state index in [1.54, 1.807) is 15.5 Å². The minimum Gasteiger partial charge on any atom is -0.434 e. The number of aromatic nitrogens is 3. The number of carbonyl (C=O) groups is 2. The minimum absolute atomic E-state index is 0.0115. The Morgan fingerprint density at radius 2 is 1.79 bits per heavy atom. The average molecular weight is 488 g/mol. The van der Waals surface area contributed by atoms with Crippen LogP contribution in [-0.4, -0.2) is 69.2 Å². The van der Waals surface area contributed by atoms with Gasteiger partial charge in [0.2, 0.25) is 5.91 Å². The first kappa shape index (κ1) is 23.6. The van der Waals surface area contributed by atoms with Crippen molar-refractivity contribution in [3.8, 4) is 17.1 Å². The van der Waals surface area contributed by atoms with Gasteiger partial charge in [-0.25, -0.2) is 0 Å². The Bertz CT molecular complexity index is 1250. The Morgan fingerprint density at radius 3 is 2.50 bits per heavy atom. The molecule has 1 N–H and O–H groups in total. The summed E-state index contributed by atoms with van der Waals surface area (Å²) in [5.74, 6) is -0.160. The third-order valence-electron chi connectivity index (χ3n) is 5.58. The van der Waals surface area contributed by atoms with Crippen molar-refractivity contribution in [2.75, 3.05) is 26.2 Å². The lowest BCUT2D eigenvalue weighted by Crippen LogP contribution is -2.51. The van der Waals surface area contributed by atoms with E-state index in [4.69, 9.17) is 12.2 Å². The number of benzene rings is 2. The van der Waals surface area contributed by atoms with E-state index in [1.165, 1.54) is 23.1 Å². The standard InChI is InChI=1S/C23H23F2N5O3S/c1-15-5-4-6-16(13-15)20-26-27-23(34)30(20)14-19(31)28-9-11-29(12-10-28)21(32)17-7-2-3-8-18(17)33-22(24)25/h2-8,13,22H,9-12,14H2,1H3,(H,27,34). The van der Waals surface area contributed by atoms with E-state index in [9.17, 15) is 18.4 Å². The van der Waals surface area contributed by atoms with Crippen molar-refractivity contribution in [1.29, 1.82) is 0 Å². The van der Waals surface area contributed by atoms with Crippen molar-refractivity contribution in [1.82, 2.24) is 24.6 Å². The molecule has 4 rings (SSSR count). The number of hydrogen-bond acceptors (Lipinski definition) is 5. The molecule has 0 spiro atoms. The monoisotopic (exact) mass is 487 g/mol. The van der Waals surface area contributed by atoms with Crippen molar-refractivity contribution in [2.45, 2.75) is 20.1 Å². The van der Waals surface area contributed by atoms with Crippen LogP contribution in [0.2, 0.25) is 0 Å². The molecule has 1 saturated heterocycles. The smallest absolute Gasteiger partial charge is 0.387 e. The Hall–Kier alpha value is -3.60. The molecule has 2 amide bonds. The van der Waals surface area contributed by atoms with Gasteiger partial charge in [-0.15, -0.1) is 0 Å². The summed E-state index contributed by atoms with van der Waals surface area (Å²) in [5.41, 5.74) is 1.97. The number of alkyl halides is 2. The Kier molecular flexibility index (Phi) is 7.01. The molecule has 0 bridgehead atoms. The molecule has 0 saturated carbocycles. The van der Waals surface area contributed by atoms with Crippen molar-refractivity contribution in [3.05, 3.63) is 64.4 Å². The van der Waals surface area contributed by atoms with Crippen molar-refractivity contribution in [2.24, 2.45) is 0 Å². The molecule has 1 aliphatic heterocycles. The molecule has 11 heteroatoms. The summed E-state index contributed by atoms with van der Waals surface area (Å²) in [4.78, 5) is 29.1. The highest BCUT2D eigenvalue weighted by Gasteiger charge is 2.27. The Morgan fingerprint density at radius 1 is 1.09 bits per heavy atom. The topological polar surface area (TPSA) is 83.5 Å². The second-order valence-corrected chi connectivity index (χ2v) is 8.24. The van der Waals surface area contributed by atoms with E-state index in [0.717, 1.165) is 11.1 Å². The summed E-state index contributed by atoms with van der Waals surface area (Å²) >= 11 is 5.33. The number of rotatable bonds is 6. The number of halogens is 2. The number of carbonyl (C=O) groups excluding carboxylic acids is 2. The first-order valence-electron chi connectivity index (χ1n) is 10.7. The van der Waals surface area contributed by atoms with Gasteiger partial charge in [-0.1, -0.05) is 35.9 Å². The van der Waals surface area contributed by atoms with Gasteiger partial charge >= 0.3 is 6.61 Å². The molecule has 0 aliphatic carbocycles. The fourth-order valence-electron chi connectivity index (χ4n) is 3.88. The van der Waals surface area contributed by atoms with E-state index in [-0.39, 0.29) is 36.9 Å². The van der Waals surface area contributed by atoms with E-state index in [0.29, 0.717) is 23.7 Å². The van der Waals surface area contributed by atoms with Crippen LogP contribution in [0.3, 0.4) is 0 Å². The molecule has 0 atom stereocenters. The van der Waals surface area contributed by atoms with Gasteiger partial charge in [0.25, 0.3) is 5.91 Å². The minimum atomic E-state index is -3.03. The second-order valence-electron chi connectivity index (χ2n) is 7.86. The number of hydrogen-bond donors (Lipinski definition) is 1. The van der Waals surface area contributed by atoms with Gasteiger partial charge < -0.3 is 14.5 Å². The molecule has 2 heterocycles. The first-order valence-corrected chi connectivity index (χ1v) is 11.1. The van der Waals surface area contributed by atoms with Crippen molar-refractivity contribution < 1.29 is 23.1 Å². The van der Waals surface area contributed by atoms with Crippen LogP contribution < -0.4 is 4.74 Å². The quantitative estimate of drug-likeness (QED) is 0.538. The van der Waals surface area contributed by atoms with Gasteiger partial charge in [-0.05, 0) is 37.3 Å². The van der Waals surface area contributed by atoms with E-state index in [1.807, 2.05) is 31.2 Å². The van der Waals surface area contributed by atoms with Gasteiger partial charge in [-0.2, -0.15) is 13.9 Å². The lowest BCUT2D eigenvalue weighted by atomic mass is 10.1. The number of nitrogens with one attached hydrogen (secondary N) is 1. The highest BCUT2D eigenvalue weighted by Crippen LogP contribution is 2.23. The summed E-state index contributed by atoms with van der Waals surface area (Å²) in [5, 5.41) is 7.03. The van der Waals surface area contributed by atoms with Crippen LogP contribution in [0, 0.1) is 11.7 Å². The van der Waals surface area contributed by atoms with Crippen LogP contribution in [-0.2, 0) is 11.3 Å². The molecule has 1 fully saturated rings. The molecule has 0 radical (unpaired) electrons. The second kappa shape index (κ2) is 10.1. The van der Waals surface area contributed by atoms with Crippen LogP contribution in [0.5, 0.6) is 5.75 Å². The molecular formula is C23H23F2N5O3S. The van der Waals surface area contributed by atoms with Crippen LogP contribution in [0.25, 0.3) is 11.4 Å². The summed E-state index contributed by atoms with van der Waals surface area (Å²) in [6.07, 6.45) is 0. The van der Waals surface area contributed by atoms with E-state index < -0.39 is 12.5 Å². The third-order valence-corrected chi connectivity index (χ3v) is 5.89. The Labute approximate surface area is 199 Å². The maximum absolute atomic E-state index is 13.0. The molecule has 0 unspecified atom stereocenters. The number of nitrogens with zero attached hydrogens (tertiary/aromatic N) is 4. The fourth-order valence-corrected chi connectivity index (χ4v) is 4.07. The van der Waals surface area contributed by atoms with Crippen LogP contribution in [0.15, 0.2) is 48.5 Å². The number of aryl methyl sites for hydroxylation is 1. The zero-order valence-corrected chi connectivity index (χ0v) is 19.2. The highest BCUT2D eigenvalue weighted by atomic mass is 32.1. The third kappa shape index (κ3) is 5.14. The molecule has 1 aliphatic rings. The maximum atomic E-state index is 13.0. The molecule has 8 nitrogen and oxygen atoms in total. The number of para-hydroxylation sites is 1. The lowest BCUT2D eigenvalue weighted by Gasteiger charge is -2.35. The van der Waals surface area contributed by atoms with Gasteiger partial charge in [0.05, 0.1) is 5.56 Å². The summed E-state index contributed by atoms with van der Waals surface area (Å²) in [6, 6.07) is 13.6. The van der Waals surface area contributed by atoms with Crippen LogP contribution in [0.1, 0.15) is 15.9 Å². The van der Waals surface area contributed by atoms with E-state index in [2.05, 4.69) is 14.9 Å². The molecule has 178 valence electrons. The van der Waals surface area contributed by atoms with Crippen molar-refractivity contribution >= 4 is 24.0 Å². The molecule has 2 aromatic carbocycles. The fraction of sp³-hybridized carbons (Fsp3) is 0.304. The SMILES string of the molecule is Cc1cccc(-c2n[nH]c(=S)n2CC(=O)N2CCN(C(=O)c3ccccc3OC(F)F)CC2)c1. The summed E-state index contributed by atoms with van der Waals surface area (Å²) < 4.78 is 31.8. The number of ether oxygens (including phenoxy) is 1. The predicted octanol–water partition coefficient (Wildman–Crippen LogP) is 3.50. The number of piperazine rings is 1. The summed E-state index contributed by atoms with van der Waals surface area (Å²) in [6.45, 7) is 0.129. The predicted molar refractivity (Wildman–Crippen MR) is 123 cm³/mol. The number of aromatic amines is 1. The normalized spacial score (nSPS) is 13.9. The Balaban J connectivity index is 1.41. The first-order chi connectivity index (χ1) is 16.3. The van der Waals surface area contributed by atoms with Gasteiger partial charge in [0, 0.05) is 31.7 Å². The number of H-pyrrole nitrogens is 1.